The van der Waals surface area contributed by atoms with Crippen molar-refractivity contribution in [1.82, 2.24) is 4.98 Å². The van der Waals surface area contributed by atoms with E-state index >= 15 is 0 Å². The van der Waals surface area contributed by atoms with Crippen molar-refractivity contribution in [3.8, 4) is 0 Å². The summed E-state index contributed by atoms with van der Waals surface area (Å²) in [6.07, 6.45) is 0.765. The van der Waals surface area contributed by atoms with Crippen LogP contribution in [0.4, 0.5) is 0 Å². The number of carbonyl (C=O) groups excluding carboxylic acids is 3. The van der Waals surface area contributed by atoms with Gasteiger partial charge >= 0.3 is 5.97 Å². The predicted octanol–water partition coefficient (Wildman–Crippen LogP) is 1.75. The first-order valence-corrected chi connectivity index (χ1v) is 5.68. The average Bonchev–Trinajstić information content (AvgIpc) is 2.28. The van der Waals surface area contributed by atoms with E-state index in [2.05, 4.69) is 9.72 Å². The molecule has 18 heavy (non-hydrogen) atoms. The van der Waals surface area contributed by atoms with Crippen LogP contribution >= 0.6 is 11.6 Å². The zero-order valence-corrected chi connectivity index (χ0v) is 10.8. The van der Waals surface area contributed by atoms with E-state index in [1.807, 2.05) is 0 Å². The van der Waals surface area contributed by atoms with Crippen molar-refractivity contribution in [2.45, 2.75) is 20.3 Å². The highest BCUT2D eigenvalue weighted by Crippen LogP contribution is 2.14. The number of Topliss-reactive ketones (excluding diaryl/α,β-unsaturated/α-hetero) is 2. The highest BCUT2D eigenvalue weighted by Gasteiger charge is 2.21. The monoisotopic (exact) mass is 269 g/mol. The number of ketones is 2. The van der Waals surface area contributed by atoms with Crippen LogP contribution < -0.4 is 0 Å². The van der Waals surface area contributed by atoms with Crippen LogP contribution in [0.2, 0.25) is 5.15 Å². The lowest BCUT2D eigenvalue weighted by Crippen LogP contribution is -2.21. The van der Waals surface area contributed by atoms with E-state index in [-0.39, 0.29) is 17.3 Å². The van der Waals surface area contributed by atoms with E-state index in [1.54, 1.807) is 13.8 Å². The molecule has 1 heterocycles. The Balaban J connectivity index is 2.77. The van der Waals surface area contributed by atoms with Gasteiger partial charge in [-0.05, 0) is 25.5 Å². The maximum Gasteiger partial charge on any atom is 0.375 e. The number of aromatic nitrogens is 1. The predicted molar refractivity (Wildman–Crippen MR) is 64.6 cm³/mol. The van der Waals surface area contributed by atoms with Gasteiger partial charge in [-0.1, -0.05) is 11.6 Å². The summed E-state index contributed by atoms with van der Waals surface area (Å²) in [6.45, 7) is 3.36. The van der Waals surface area contributed by atoms with Crippen LogP contribution in [0.5, 0.6) is 0 Å². The molecule has 0 unspecified atom stereocenters. The van der Waals surface area contributed by atoms with Crippen molar-refractivity contribution in [3.63, 3.8) is 0 Å². The first-order chi connectivity index (χ1) is 8.45. The Labute approximate surface area is 109 Å². The largest absolute Gasteiger partial charge is 0.460 e. The van der Waals surface area contributed by atoms with Crippen molar-refractivity contribution in [2.75, 3.05) is 6.61 Å². The number of ether oxygens (including phenoxy) is 1. The topological polar surface area (TPSA) is 73.3 Å². The lowest BCUT2D eigenvalue weighted by molar-refractivity contribution is -0.153. The highest BCUT2D eigenvalue weighted by molar-refractivity contribution is 6.38. The molecule has 5 nitrogen and oxygen atoms in total. The van der Waals surface area contributed by atoms with Crippen molar-refractivity contribution in [3.05, 3.63) is 28.5 Å². The minimum atomic E-state index is -0.995. The molecule has 0 bridgehead atoms. The maximum absolute atomic E-state index is 11.8. The second kappa shape index (κ2) is 6.26. The number of aryl methyl sites for hydroxylation is 1. The quantitative estimate of drug-likeness (QED) is 0.268. The molecule has 1 aromatic heterocycles. The Morgan fingerprint density at radius 1 is 1.39 bits per heavy atom. The van der Waals surface area contributed by atoms with Crippen molar-refractivity contribution >= 4 is 29.1 Å². The third-order valence-electron chi connectivity index (χ3n) is 2.20. The number of pyridine rings is 1. The van der Waals surface area contributed by atoms with Crippen LogP contribution in [0.1, 0.15) is 29.3 Å². The molecule has 0 N–H and O–H groups in total. The van der Waals surface area contributed by atoms with Crippen LogP contribution in [-0.2, 0) is 14.3 Å². The summed E-state index contributed by atoms with van der Waals surface area (Å²) in [4.78, 5) is 38.0. The van der Waals surface area contributed by atoms with E-state index < -0.39 is 24.0 Å². The molecule has 0 aliphatic heterocycles. The zero-order valence-electron chi connectivity index (χ0n) is 10.0. The number of rotatable bonds is 5. The number of nitrogens with zero attached hydrogens (tertiary/aromatic N) is 1. The Hall–Kier alpha value is -1.75. The van der Waals surface area contributed by atoms with Gasteiger partial charge in [0, 0.05) is 11.8 Å². The van der Waals surface area contributed by atoms with Gasteiger partial charge in [0.05, 0.1) is 13.0 Å². The fraction of sp³-hybridized carbons (Fsp3) is 0.333. The fourth-order valence-corrected chi connectivity index (χ4v) is 1.55. The molecular weight excluding hydrogens is 258 g/mol. The molecule has 1 aromatic rings. The molecular formula is C12H12ClNO4. The molecule has 0 aromatic carbocycles. The number of halogens is 1. The van der Waals surface area contributed by atoms with E-state index in [9.17, 15) is 14.4 Å². The number of carbonyl (C=O) groups is 3. The summed E-state index contributed by atoms with van der Waals surface area (Å²) in [5, 5.41) is 0.265. The van der Waals surface area contributed by atoms with Gasteiger partial charge in [0.15, 0.2) is 5.78 Å². The average molecular weight is 270 g/mol. The van der Waals surface area contributed by atoms with Gasteiger partial charge in [0.1, 0.15) is 5.15 Å². The number of hydrogen-bond donors (Lipinski definition) is 0. The molecule has 0 amide bonds. The second-order valence-corrected chi connectivity index (χ2v) is 3.95. The zero-order chi connectivity index (χ0) is 13.7. The number of hydrogen-bond acceptors (Lipinski definition) is 5. The van der Waals surface area contributed by atoms with Gasteiger partial charge < -0.3 is 4.74 Å². The SMILES string of the molecule is CCOC(=O)C(=O)CC(=O)c1cnc(Cl)cc1C. The summed E-state index contributed by atoms with van der Waals surface area (Å²) in [5.41, 5.74) is 0.883. The van der Waals surface area contributed by atoms with Crippen LogP contribution in [-0.4, -0.2) is 29.1 Å². The maximum atomic E-state index is 11.8. The molecule has 6 heteroatoms. The molecule has 0 atom stereocenters. The van der Waals surface area contributed by atoms with E-state index in [1.165, 1.54) is 12.3 Å². The van der Waals surface area contributed by atoms with Crippen molar-refractivity contribution in [2.24, 2.45) is 0 Å². The van der Waals surface area contributed by atoms with Gasteiger partial charge in [0.2, 0.25) is 5.78 Å². The van der Waals surface area contributed by atoms with Gasteiger partial charge in [0.25, 0.3) is 0 Å². The lowest BCUT2D eigenvalue weighted by Gasteiger charge is -2.04. The minimum Gasteiger partial charge on any atom is -0.460 e. The summed E-state index contributed by atoms with van der Waals surface area (Å²) < 4.78 is 4.51. The summed E-state index contributed by atoms with van der Waals surface area (Å²) >= 11 is 5.66. The Morgan fingerprint density at radius 3 is 2.61 bits per heavy atom. The molecule has 0 saturated carbocycles. The van der Waals surface area contributed by atoms with Gasteiger partial charge in [-0.25, -0.2) is 9.78 Å². The van der Waals surface area contributed by atoms with E-state index in [0.717, 1.165) is 0 Å². The van der Waals surface area contributed by atoms with Crippen LogP contribution in [0.25, 0.3) is 0 Å². The second-order valence-electron chi connectivity index (χ2n) is 3.57. The molecule has 1 rings (SSSR count). The smallest absolute Gasteiger partial charge is 0.375 e. The first-order valence-electron chi connectivity index (χ1n) is 5.31. The molecule has 0 radical (unpaired) electrons. The Kier molecular flexibility index (Phi) is 4.97. The fourth-order valence-electron chi connectivity index (χ4n) is 1.34. The van der Waals surface area contributed by atoms with Crippen LogP contribution in [0.3, 0.4) is 0 Å². The van der Waals surface area contributed by atoms with Crippen molar-refractivity contribution in [1.29, 1.82) is 0 Å². The molecule has 96 valence electrons. The summed E-state index contributed by atoms with van der Waals surface area (Å²) in [7, 11) is 0. The summed E-state index contributed by atoms with van der Waals surface area (Å²) in [6, 6.07) is 1.52. The standard InChI is InChI=1S/C12H12ClNO4/c1-3-18-12(17)10(16)5-9(15)8-6-14-11(13)4-7(8)2/h4,6H,3,5H2,1-2H3. The number of esters is 1. The minimum absolute atomic E-state index is 0.0975. The van der Waals surface area contributed by atoms with Crippen molar-refractivity contribution < 1.29 is 19.1 Å². The molecule has 0 aliphatic rings. The van der Waals surface area contributed by atoms with E-state index in [4.69, 9.17) is 11.6 Å². The highest BCUT2D eigenvalue weighted by atomic mass is 35.5. The Morgan fingerprint density at radius 2 is 2.06 bits per heavy atom. The normalized spacial score (nSPS) is 9.94. The van der Waals surface area contributed by atoms with Gasteiger partial charge in [-0.2, -0.15) is 0 Å². The third kappa shape index (κ3) is 3.63. The van der Waals surface area contributed by atoms with Crippen LogP contribution in [0, 0.1) is 6.92 Å². The third-order valence-corrected chi connectivity index (χ3v) is 2.41. The Bertz CT molecular complexity index is 499. The molecule has 0 fully saturated rings. The van der Waals surface area contributed by atoms with Gasteiger partial charge in [-0.15, -0.1) is 0 Å². The first kappa shape index (κ1) is 14.3. The molecule has 0 aliphatic carbocycles. The lowest BCUT2D eigenvalue weighted by atomic mass is 10.0. The van der Waals surface area contributed by atoms with Gasteiger partial charge in [-0.3, -0.25) is 9.59 Å². The summed E-state index contributed by atoms with van der Waals surface area (Å²) in [5.74, 6) is -2.34. The van der Waals surface area contributed by atoms with E-state index in [0.29, 0.717) is 5.56 Å². The molecule has 0 saturated heterocycles. The molecule has 0 spiro atoms. The van der Waals surface area contributed by atoms with Crippen LogP contribution in [0.15, 0.2) is 12.3 Å².